The molecule has 0 heterocycles. The highest BCUT2D eigenvalue weighted by molar-refractivity contribution is 7.92. The first-order chi connectivity index (χ1) is 13.3. The number of hydrogen-bond acceptors (Lipinski definition) is 6. The van der Waals surface area contributed by atoms with E-state index in [0.717, 1.165) is 15.4 Å². The summed E-state index contributed by atoms with van der Waals surface area (Å²) in [5, 5.41) is 0. The number of anilines is 1. The molecule has 0 aliphatic rings. The fourth-order valence-electron chi connectivity index (χ4n) is 2.73. The number of rotatable bonds is 8. The summed E-state index contributed by atoms with van der Waals surface area (Å²) in [6.45, 7) is 5.09. The first-order valence-corrected chi connectivity index (χ1v) is 10.2. The van der Waals surface area contributed by atoms with E-state index in [1.54, 1.807) is 19.1 Å². The highest BCUT2D eigenvalue weighted by Crippen LogP contribution is 2.33. The lowest BCUT2D eigenvalue weighted by Gasteiger charge is -2.26. The lowest BCUT2D eigenvalue weighted by atomic mass is 10.1. The van der Waals surface area contributed by atoms with Gasteiger partial charge >= 0.3 is 5.97 Å². The van der Waals surface area contributed by atoms with Gasteiger partial charge in [-0.15, -0.1) is 0 Å². The fraction of sp³-hybridized carbons (Fsp3) is 0.350. The van der Waals surface area contributed by atoms with Crippen molar-refractivity contribution in [3.05, 3.63) is 47.5 Å². The van der Waals surface area contributed by atoms with E-state index in [-0.39, 0.29) is 17.3 Å². The van der Waals surface area contributed by atoms with Crippen molar-refractivity contribution in [3.8, 4) is 11.5 Å². The third-order valence-electron chi connectivity index (χ3n) is 4.37. The predicted molar refractivity (Wildman–Crippen MR) is 107 cm³/mol. The maximum absolute atomic E-state index is 13.4. The van der Waals surface area contributed by atoms with Crippen LogP contribution in [0, 0.1) is 13.8 Å². The normalized spacial score (nSPS) is 11.0. The summed E-state index contributed by atoms with van der Waals surface area (Å²) in [6, 6.07) is 9.60. The van der Waals surface area contributed by atoms with Crippen LogP contribution >= 0.6 is 0 Å². The summed E-state index contributed by atoms with van der Waals surface area (Å²) >= 11 is 0. The highest BCUT2D eigenvalue weighted by atomic mass is 32.2. The molecule has 0 saturated carbocycles. The second-order valence-corrected chi connectivity index (χ2v) is 7.91. The van der Waals surface area contributed by atoms with Crippen molar-refractivity contribution in [2.75, 3.05) is 31.7 Å². The van der Waals surface area contributed by atoms with E-state index in [0.29, 0.717) is 11.4 Å². The smallest absolute Gasteiger partial charge is 0.326 e. The number of nitrogens with zero attached hydrogens (tertiary/aromatic N) is 1. The summed E-state index contributed by atoms with van der Waals surface area (Å²) in [5.74, 6) is 0.0539. The maximum Gasteiger partial charge on any atom is 0.326 e. The van der Waals surface area contributed by atoms with Gasteiger partial charge in [-0.2, -0.15) is 0 Å². The van der Waals surface area contributed by atoms with E-state index in [4.69, 9.17) is 14.2 Å². The Bertz CT molecular complexity index is 955. The molecular formula is C20H25NO6S. The second kappa shape index (κ2) is 8.97. The van der Waals surface area contributed by atoms with E-state index in [2.05, 4.69) is 0 Å². The van der Waals surface area contributed by atoms with E-state index < -0.39 is 22.5 Å². The first-order valence-electron chi connectivity index (χ1n) is 8.72. The van der Waals surface area contributed by atoms with Gasteiger partial charge in [0, 0.05) is 6.07 Å². The minimum atomic E-state index is -4.07. The maximum atomic E-state index is 13.4. The Morgan fingerprint density at radius 3 is 2.32 bits per heavy atom. The van der Waals surface area contributed by atoms with Crippen molar-refractivity contribution in [2.45, 2.75) is 25.7 Å². The van der Waals surface area contributed by atoms with Gasteiger partial charge in [-0.05, 0) is 50.1 Å². The van der Waals surface area contributed by atoms with Crippen LogP contribution in [0.3, 0.4) is 0 Å². The number of carbonyl (C=O) groups excluding carboxylic acids is 1. The van der Waals surface area contributed by atoms with Gasteiger partial charge < -0.3 is 14.2 Å². The molecule has 0 bridgehead atoms. The number of sulfonamides is 1. The Morgan fingerprint density at radius 2 is 1.71 bits per heavy atom. The summed E-state index contributed by atoms with van der Waals surface area (Å²) < 4.78 is 43.3. The van der Waals surface area contributed by atoms with Crippen molar-refractivity contribution in [3.63, 3.8) is 0 Å². The zero-order valence-electron chi connectivity index (χ0n) is 16.7. The predicted octanol–water partition coefficient (Wildman–Crippen LogP) is 3.08. The highest BCUT2D eigenvalue weighted by Gasteiger charge is 2.30. The molecule has 0 saturated heterocycles. The van der Waals surface area contributed by atoms with Crippen LogP contribution in [0.2, 0.25) is 0 Å². The van der Waals surface area contributed by atoms with Gasteiger partial charge in [-0.1, -0.05) is 12.1 Å². The van der Waals surface area contributed by atoms with Crippen LogP contribution in [-0.4, -0.2) is 41.8 Å². The molecule has 8 heteroatoms. The Kier molecular flexibility index (Phi) is 6.90. The Labute approximate surface area is 165 Å². The zero-order valence-corrected chi connectivity index (χ0v) is 17.5. The number of methoxy groups -OCH3 is 2. The van der Waals surface area contributed by atoms with Crippen molar-refractivity contribution in [1.29, 1.82) is 0 Å². The van der Waals surface area contributed by atoms with Crippen LogP contribution in [0.15, 0.2) is 41.3 Å². The number of benzene rings is 2. The van der Waals surface area contributed by atoms with Crippen LogP contribution in [-0.2, 0) is 19.6 Å². The quantitative estimate of drug-likeness (QED) is 0.626. The van der Waals surface area contributed by atoms with Gasteiger partial charge in [-0.25, -0.2) is 8.42 Å². The van der Waals surface area contributed by atoms with Crippen molar-refractivity contribution in [2.24, 2.45) is 0 Å². The van der Waals surface area contributed by atoms with Gasteiger partial charge in [0.15, 0.2) is 11.5 Å². The molecule has 7 nitrogen and oxygen atoms in total. The van der Waals surface area contributed by atoms with Crippen molar-refractivity contribution >= 4 is 21.7 Å². The topological polar surface area (TPSA) is 82.1 Å². The molecule has 0 atom stereocenters. The van der Waals surface area contributed by atoms with E-state index in [1.807, 2.05) is 19.9 Å². The lowest BCUT2D eigenvalue weighted by Crippen LogP contribution is -2.37. The molecule has 152 valence electrons. The molecule has 0 spiro atoms. The number of hydrogen-bond donors (Lipinski definition) is 0. The summed E-state index contributed by atoms with van der Waals surface area (Å²) in [4.78, 5) is 12.1. The van der Waals surface area contributed by atoms with E-state index >= 15 is 0 Å². The van der Waals surface area contributed by atoms with Crippen LogP contribution < -0.4 is 13.8 Å². The zero-order chi connectivity index (χ0) is 20.9. The Morgan fingerprint density at radius 1 is 1.04 bits per heavy atom. The summed E-state index contributed by atoms with van der Waals surface area (Å²) in [6.07, 6.45) is 0. The molecule has 0 N–H and O–H groups in total. The fourth-order valence-corrected chi connectivity index (χ4v) is 4.22. The van der Waals surface area contributed by atoms with Gasteiger partial charge in [0.1, 0.15) is 6.54 Å². The summed E-state index contributed by atoms with van der Waals surface area (Å²) in [7, 11) is -1.17. The standard InChI is InChI=1S/C20H25NO6S/c1-6-27-20(22)13-21(17-9-7-8-14(2)15(17)3)28(23,24)16-10-11-18(25-4)19(12-16)26-5/h7-12H,6,13H2,1-5H3. The lowest BCUT2D eigenvalue weighted by molar-refractivity contribution is -0.141. The molecule has 28 heavy (non-hydrogen) atoms. The number of carbonyl (C=O) groups is 1. The molecule has 0 fully saturated rings. The molecule has 0 unspecified atom stereocenters. The molecular weight excluding hydrogens is 382 g/mol. The number of aryl methyl sites for hydroxylation is 1. The molecule has 2 aromatic rings. The largest absolute Gasteiger partial charge is 0.493 e. The van der Waals surface area contributed by atoms with Crippen LogP contribution in [0.25, 0.3) is 0 Å². The average molecular weight is 407 g/mol. The second-order valence-electron chi connectivity index (χ2n) is 6.05. The molecule has 0 radical (unpaired) electrons. The van der Waals surface area contributed by atoms with E-state index in [1.165, 1.54) is 32.4 Å². The van der Waals surface area contributed by atoms with E-state index in [9.17, 15) is 13.2 Å². The van der Waals surface area contributed by atoms with Crippen LogP contribution in [0.1, 0.15) is 18.1 Å². The van der Waals surface area contributed by atoms with Gasteiger partial charge in [0.05, 0.1) is 31.4 Å². The van der Waals surface area contributed by atoms with Gasteiger partial charge in [0.25, 0.3) is 10.0 Å². The average Bonchev–Trinajstić information content (AvgIpc) is 2.68. The van der Waals surface area contributed by atoms with Crippen LogP contribution in [0.4, 0.5) is 5.69 Å². The minimum absolute atomic E-state index is 0.0182. The first kappa shape index (κ1) is 21.6. The van der Waals surface area contributed by atoms with Crippen LogP contribution in [0.5, 0.6) is 11.5 Å². The number of ether oxygens (including phenoxy) is 3. The van der Waals surface area contributed by atoms with Crippen molar-refractivity contribution in [1.82, 2.24) is 0 Å². The molecule has 2 aromatic carbocycles. The van der Waals surface area contributed by atoms with Gasteiger partial charge in [0.2, 0.25) is 0 Å². The van der Waals surface area contributed by atoms with Crippen molar-refractivity contribution < 1.29 is 27.4 Å². The molecule has 0 aromatic heterocycles. The Balaban J connectivity index is 2.61. The molecule has 0 aliphatic heterocycles. The molecule has 0 aliphatic carbocycles. The molecule has 0 amide bonds. The third-order valence-corrected chi connectivity index (χ3v) is 6.12. The number of esters is 1. The van der Waals surface area contributed by atoms with Gasteiger partial charge in [-0.3, -0.25) is 9.10 Å². The summed E-state index contributed by atoms with van der Waals surface area (Å²) in [5.41, 5.74) is 2.09. The monoisotopic (exact) mass is 407 g/mol. The molecule has 2 rings (SSSR count). The SMILES string of the molecule is CCOC(=O)CN(c1cccc(C)c1C)S(=O)(=O)c1ccc(OC)c(OC)c1. The minimum Gasteiger partial charge on any atom is -0.493 e. The Hall–Kier alpha value is -2.74. The third kappa shape index (κ3) is 4.39.